The van der Waals surface area contributed by atoms with Crippen molar-refractivity contribution in [3.8, 4) is 0 Å². The second-order valence-corrected chi connectivity index (χ2v) is 3.32. The number of ketones is 1. The van der Waals surface area contributed by atoms with Crippen LogP contribution in [0.4, 0.5) is 0 Å². The van der Waals surface area contributed by atoms with Crippen molar-refractivity contribution in [1.82, 2.24) is 0 Å². The molecule has 0 saturated carbocycles. The number of nitrogens with zero attached hydrogens (tertiary/aromatic N) is 1. The molecule has 0 amide bonds. The number of hydrogen-bond acceptors (Lipinski definition) is 3. The average Bonchev–Trinajstić information content (AvgIpc) is 2.71. The number of hydrogen-bond donors (Lipinski definition) is 0. The number of carbonyl (C=O) groups excluding carboxylic acids is 1. The van der Waals surface area contributed by atoms with Crippen LogP contribution in [0.15, 0.2) is 29.4 Å². The molecule has 72 valence electrons. The molecule has 1 aliphatic rings. The Hall–Kier alpha value is -1.64. The van der Waals surface area contributed by atoms with Gasteiger partial charge in [0, 0.05) is 12.0 Å². The first kappa shape index (κ1) is 8.94. The molecule has 1 heterocycles. The quantitative estimate of drug-likeness (QED) is 0.667. The summed E-state index contributed by atoms with van der Waals surface area (Å²) in [6.07, 6.45) is 0.618. The lowest BCUT2D eigenvalue weighted by Crippen LogP contribution is -2.11. The van der Waals surface area contributed by atoms with E-state index in [-0.39, 0.29) is 5.78 Å². The number of oxime groups is 1. The average molecular weight is 189 g/mol. The Morgan fingerprint density at radius 2 is 2.07 bits per heavy atom. The van der Waals surface area contributed by atoms with E-state index in [1.807, 2.05) is 31.2 Å². The highest BCUT2D eigenvalue weighted by Gasteiger charge is 2.18. The van der Waals surface area contributed by atoms with E-state index in [2.05, 4.69) is 5.16 Å². The smallest absolute Gasteiger partial charge is 0.210 e. The number of carbonyl (C=O) groups is 1. The van der Waals surface area contributed by atoms with E-state index in [0.29, 0.717) is 24.3 Å². The fourth-order valence-corrected chi connectivity index (χ4v) is 1.34. The molecule has 1 aromatic carbocycles. The molecular formula is C11H11NO2. The van der Waals surface area contributed by atoms with Crippen LogP contribution in [0.1, 0.15) is 22.3 Å². The van der Waals surface area contributed by atoms with Crippen LogP contribution in [0.3, 0.4) is 0 Å². The molecule has 0 bridgehead atoms. The lowest BCUT2D eigenvalue weighted by atomic mass is 10.0. The Bertz CT molecular complexity index is 379. The Balaban J connectivity index is 2.22. The molecule has 1 aromatic rings. The van der Waals surface area contributed by atoms with E-state index in [1.54, 1.807) is 0 Å². The maximum atomic E-state index is 11.7. The maximum Gasteiger partial charge on any atom is 0.210 e. The second-order valence-electron chi connectivity index (χ2n) is 3.32. The zero-order chi connectivity index (χ0) is 9.97. The number of Topliss-reactive ketones (excluding diaryl/α,β-unsaturated/α-hetero) is 1. The Morgan fingerprint density at radius 1 is 1.36 bits per heavy atom. The summed E-state index contributed by atoms with van der Waals surface area (Å²) in [5.74, 6) is -0.0255. The van der Waals surface area contributed by atoms with Gasteiger partial charge in [0.2, 0.25) is 5.78 Å². The van der Waals surface area contributed by atoms with E-state index < -0.39 is 0 Å². The fraction of sp³-hybridized carbons (Fsp3) is 0.273. The minimum Gasteiger partial charge on any atom is -0.395 e. The van der Waals surface area contributed by atoms with Gasteiger partial charge >= 0.3 is 0 Å². The molecule has 0 atom stereocenters. The molecule has 1 aliphatic heterocycles. The van der Waals surface area contributed by atoms with Gasteiger partial charge in [-0.3, -0.25) is 4.79 Å². The summed E-state index contributed by atoms with van der Waals surface area (Å²) in [5.41, 5.74) is 2.35. The topological polar surface area (TPSA) is 38.7 Å². The van der Waals surface area contributed by atoms with Gasteiger partial charge in [-0.1, -0.05) is 35.0 Å². The molecule has 0 spiro atoms. The lowest BCUT2D eigenvalue weighted by molar-refractivity contribution is 0.106. The molecule has 0 N–H and O–H groups in total. The van der Waals surface area contributed by atoms with Gasteiger partial charge in [0.1, 0.15) is 12.3 Å². The van der Waals surface area contributed by atoms with E-state index in [1.165, 1.54) is 0 Å². The molecule has 0 saturated heterocycles. The second kappa shape index (κ2) is 3.62. The molecule has 14 heavy (non-hydrogen) atoms. The molecule has 2 rings (SSSR count). The van der Waals surface area contributed by atoms with Gasteiger partial charge in [-0.25, -0.2) is 0 Å². The summed E-state index contributed by atoms with van der Waals surface area (Å²) in [6.45, 7) is 2.51. The summed E-state index contributed by atoms with van der Waals surface area (Å²) in [4.78, 5) is 16.5. The molecule has 0 fully saturated rings. The predicted molar refractivity (Wildman–Crippen MR) is 53.5 cm³/mol. The lowest BCUT2D eigenvalue weighted by Gasteiger charge is -1.98. The minimum atomic E-state index is -0.0255. The van der Waals surface area contributed by atoms with Crippen molar-refractivity contribution in [1.29, 1.82) is 0 Å². The summed E-state index contributed by atoms with van der Waals surface area (Å²) in [5, 5.41) is 3.70. The number of rotatable bonds is 2. The van der Waals surface area contributed by atoms with Crippen LogP contribution in [-0.2, 0) is 4.84 Å². The maximum absolute atomic E-state index is 11.7. The largest absolute Gasteiger partial charge is 0.395 e. The van der Waals surface area contributed by atoms with E-state index in [0.717, 1.165) is 5.56 Å². The SMILES string of the molecule is Cc1ccc(C(=O)C2=NOCC2)cc1. The van der Waals surface area contributed by atoms with Crippen molar-refractivity contribution in [2.24, 2.45) is 5.16 Å². The number of benzene rings is 1. The fourth-order valence-electron chi connectivity index (χ4n) is 1.34. The zero-order valence-corrected chi connectivity index (χ0v) is 7.99. The van der Waals surface area contributed by atoms with Crippen LogP contribution >= 0.6 is 0 Å². The van der Waals surface area contributed by atoms with Crippen molar-refractivity contribution in [3.63, 3.8) is 0 Å². The number of aryl methyl sites for hydroxylation is 1. The van der Waals surface area contributed by atoms with E-state index in [9.17, 15) is 4.79 Å². The van der Waals surface area contributed by atoms with Gasteiger partial charge in [0.05, 0.1) is 0 Å². The molecule has 3 heteroatoms. The third-order valence-electron chi connectivity index (χ3n) is 2.18. The van der Waals surface area contributed by atoms with Crippen molar-refractivity contribution in [3.05, 3.63) is 35.4 Å². The normalized spacial score (nSPS) is 14.8. The summed E-state index contributed by atoms with van der Waals surface area (Å²) >= 11 is 0. The third-order valence-corrected chi connectivity index (χ3v) is 2.18. The molecule has 3 nitrogen and oxygen atoms in total. The first-order chi connectivity index (χ1) is 6.77. The first-order valence-electron chi connectivity index (χ1n) is 4.57. The highest BCUT2D eigenvalue weighted by Crippen LogP contribution is 2.09. The standard InChI is InChI=1S/C11H11NO2/c1-8-2-4-9(5-3-8)11(13)10-6-7-14-12-10/h2-5H,6-7H2,1H3. The monoisotopic (exact) mass is 189 g/mol. The van der Waals surface area contributed by atoms with E-state index in [4.69, 9.17) is 4.84 Å². The Morgan fingerprint density at radius 3 is 2.64 bits per heavy atom. The van der Waals surface area contributed by atoms with Gasteiger partial charge in [0.25, 0.3) is 0 Å². The van der Waals surface area contributed by atoms with Crippen molar-refractivity contribution < 1.29 is 9.63 Å². The van der Waals surface area contributed by atoms with Gasteiger partial charge in [-0.05, 0) is 6.92 Å². The molecule has 0 radical (unpaired) electrons. The van der Waals surface area contributed by atoms with E-state index >= 15 is 0 Å². The van der Waals surface area contributed by atoms with Gasteiger partial charge in [-0.2, -0.15) is 0 Å². The van der Waals surface area contributed by atoms with Crippen LogP contribution < -0.4 is 0 Å². The van der Waals surface area contributed by atoms with Crippen molar-refractivity contribution in [2.75, 3.05) is 6.61 Å². The summed E-state index contributed by atoms with van der Waals surface area (Å²) < 4.78 is 0. The molecular weight excluding hydrogens is 178 g/mol. The van der Waals surface area contributed by atoms with Crippen LogP contribution in [0.5, 0.6) is 0 Å². The first-order valence-corrected chi connectivity index (χ1v) is 4.57. The minimum absolute atomic E-state index is 0.0255. The van der Waals surface area contributed by atoms with Crippen LogP contribution in [0, 0.1) is 6.92 Å². The molecule has 0 aromatic heterocycles. The Labute approximate surface area is 82.4 Å². The highest BCUT2D eigenvalue weighted by atomic mass is 16.6. The third kappa shape index (κ3) is 1.66. The van der Waals surface area contributed by atoms with Crippen LogP contribution in [0.25, 0.3) is 0 Å². The van der Waals surface area contributed by atoms with Crippen molar-refractivity contribution >= 4 is 11.5 Å². The van der Waals surface area contributed by atoms with Gasteiger partial charge < -0.3 is 4.84 Å². The molecule has 0 aliphatic carbocycles. The predicted octanol–water partition coefficient (Wildman–Crippen LogP) is 1.95. The van der Waals surface area contributed by atoms with Crippen molar-refractivity contribution in [2.45, 2.75) is 13.3 Å². The van der Waals surface area contributed by atoms with Gasteiger partial charge in [0.15, 0.2) is 0 Å². The summed E-state index contributed by atoms with van der Waals surface area (Å²) in [7, 11) is 0. The van der Waals surface area contributed by atoms with Crippen LogP contribution in [0.2, 0.25) is 0 Å². The summed E-state index contributed by atoms with van der Waals surface area (Å²) in [6, 6.07) is 7.48. The highest BCUT2D eigenvalue weighted by molar-refractivity contribution is 6.46. The zero-order valence-electron chi connectivity index (χ0n) is 7.99. The van der Waals surface area contributed by atoms with Crippen LogP contribution in [-0.4, -0.2) is 18.1 Å². The Kier molecular flexibility index (Phi) is 2.31. The molecule has 0 unspecified atom stereocenters. The van der Waals surface area contributed by atoms with Gasteiger partial charge in [-0.15, -0.1) is 0 Å².